The van der Waals surface area contributed by atoms with Crippen LogP contribution in [-0.4, -0.2) is 33.8 Å². The van der Waals surface area contributed by atoms with E-state index in [4.69, 9.17) is 0 Å². The van der Waals surface area contributed by atoms with E-state index >= 15 is 0 Å². The Labute approximate surface area is 117 Å². The second kappa shape index (κ2) is 6.45. The van der Waals surface area contributed by atoms with Gasteiger partial charge in [0.25, 0.3) is 0 Å². The van der Waals surface area contributed by atoms with Gasteiger partial charge in [-0.2, -0.15) is 0 Å². The summed E-state index contributed by atoms with van der Waals surface area (Å²) >= 11 is 0. The Hall–Kier alpha value is -1.98. The smallest absolute Gasteiger partial charge is 0.216 e. The van der Waals surface area contributed by atoms with Crippen molar-refractivity contribution in [1.29, 1.82) is 0 Å². The van der Waals surface area contributed by atoms with Gasteiger partial charge >= 0.3 is 0 Å². The average molecular weight is 274 g/mol. The molecule has 0 saturated carbocycles. The lowest BCUT2D eigenvalue weighted by Gasteiger charge is -2.18. The van der Waals surface area contributed by atoms with Gasteiger partial charge in [0.2, 0.25) is 5.91 Å². The van der Waals surface area contributed by atoms with Gasteiger partial charge in [-0.15, -0.1) is 0 Å². The van der Waals surface area contributed by atoms with Crippen molar-refractivity contribution < 1.29 is 15.0 Å². The molecule has 106 valence electrons. The summed E-state index contributed by atoms with van der Waals surface area (Å²) in [6, 6.07) is 9.19. The van der Waals surface area contributed by atoms with Crippen LogP contribution >= 0.6 is 0 Å². The number of hydrogen-bond acceptors (Lipinski definition) is 4. The van der Waals surface area contributed by atoms with Crippen LogP contribution in [0, 0.1) is 0 Å². The lowest BCUT2D eigenvalue weighted by molar-refractivity contribution is -0.119. The summed E-state index contributed by atoms with van der Waals surface area (Å²) in [4.78, 5) is 15.0. The molecule has 20 heavy (non-hydrogen) atoms. The molecule has 0 saturated heterocycles. The first kappa shape index (κ1) is 14.4. The van der Waals surface area contributed by atoms with E-state index in [1.807, 2.05) is 18.2 Å². The molecule has 3 N–H and O–H groups in total. The average Bonchev–Trinajstić information content (AvgIpc) is 2.45. The lowest BCUT2D eigenvalue weighted by Crippen LogP contribution is -2.27. The molecule has 0 aliphatic rings. The minimum absolute atomic E-state index is 0.151. The van der Waals surface area contributed by atoms with Crippen LogP contribution in [0.4, 0.5) is 0 Å². The molecule has 1 aromatic carbocycles. The number of aliphatic hydroxyl groups is 2. The third-order valence-electron chi connectivity index (χ3n) is 3.15. The number of carbonyl (C=O) groups excluding carboxylic acids is 1. The molecule has 5 heteroatoms. The van der Waals surface area contributed by atoms with Gasteiger partial charge in [0.1, 0.15) is 6.10 Å². The maximum atomic E-state index is 10.7. The highest BCUT2D eigenvalue weighted by atomic mass is 16.3. The second-order valence-corrected chi connectivity index (χ2v) is 4.74. The standard InChI is InChI=1S/C15H18N2O3/c1-10(18)16-8-6-14(19)15(20)12-5-4-11-3-2-7-17-13(11)9-12/h2-5,7,9,14-15,19-20H,6,8H2,1H3,(H,16,18). The van der Waals surface area contributed by atoms with E-state index in [-0.39, 0.29) is 5.91 Å². The summed E-state index contributed by atoms with van der Waals surface area (Å²) in [6.07, 6.45) is 0.0605. The number of aromatic nitrogens is 1. The summed E-state index contributed by atoms with van der Waals surface area (Å²) in [5, 5.41) is 23.6. The Balaban J connectivity index is 2.06. The summed E-state index contributed by atoms with van der Waals surface area (Å²) in [5.74, 6) is -0.151. The van der Waals surface area contributed by atoms with Crippen molar-refractivity contribution in [1.82, 2.24) is 10.3 Å². The highest BCUT2D eigenvalue weighted by Crippen LogP contribution is 2.22. The van der Waals surface area contributed by atoms with Gasteiger partial charge in [0, 0.05) is 25.1 Å². The number of amides is 1. The molecule has 2 rings (SSSR count). The van der Waals surface area contributed by atoms with Gasteiger partial charge in [-0.25, -0.2) is 0 Å². The number of benzene rings is 1. The van der Waals surface area contributed by atoms with Crippen molar-refractivity contribution in [2.75, 3.05) is 6.54 Å². The number of fused-ring (bicyclic) bond motifs is 1. The Kier molecular flexibility index (Phi) is 4.65. The highest BCUT2D eigenvalue weighted by Gasteiger charge is 2.18. The van der Waals surface area contributed by atoms with Crippen LogP contribution in [0.5, 0.6) is 0 Å². The molecule has 2 aromatic rings. The molecule has 5 nitrogen and oxygen atoms in total. The molecule has 1 amide bonds. The van der Waals surface area contributed by atoms with Crippen molar-refractivity contribution >= 4 is 16.8 Å². The first-order chi connectivity index (χ1) is 9.58. The van der Waals surface area contributed by atoms with Crippen LogP contribution in [0.3, 0.4) is 0 Å². The van der Waals surface area contributed by atoms with E-state index in [9.17, 15) is 15.0 Å². The van der Waals surface area contributed by atoms with Gasteiger partial charge in [-0.1, -0.05) is 18.2 Å². The summed E-state index contributed by atoms with van der Waals surface area (Å²) < 4.78 is 0. The van der Waals surface area contributed by atoms with Crippen molar-refractivity contribution in [3.8, 4) is 0 Å². The zero-order chi connectivity index (χ0) is 14.5. The van der Waals surface area contributed by atoms with Crippen LogP contribution < -0.4 is 5.32 Å². The molecule has 0 bridgehead atoms. The number of nitrogens with zero attached hydrogens (tertiary/aromatic N) is 1. The quantitative estimate of drug-likeness (QED) is 0.764. The Bertz CT molecular complexity index is 600. The second-order valence-electron chi connectivity index (χ2n) is 4.74. The molecule has 0 fully saturated rings. The Morgan fingerprint density at radius 2 is 2.15 bits per heavy atom. The maximum Gasteiger partial charge on any atom is 0.216 e. The molecule has 1 aromatic heterocycles. The van der Waals surface area contributed by atoms with Crippen molar-refractivity contribution in [2.45, 2.75) is 25.6 Å². The Morgan fingerprint density at radius 1 is 1.35 bits per heavy atom. The zero-order valence-electron chi connectivity index (χ0n) is 11.3. The predicted molar refractivity (Wildman–Crippen MR) is 76.0 cm³/mol. The molecule has 0 aliphatic heterocycles. The van der Waals surface area contributed by atoms with Crippen LogP contribution in [0.1, 0.15) is 25.0 Å². The maximum absolute atomic E-state index is 10.7. The fourth-order valence-electron chi connectivity index (χ4n) is 2.04. The Morgan fingerprint density at radius 3 is 2.90 bits per heavy atom. The summed E-state index contributed by atoms with van der Waals surface area (Å²) in [6.45, 7) is 1.75. The number of rotatable bonds is 5. The van der Waals surface area contributed by atoms with Crippen molar-refractivity contribution in [3.63, 3.8) is 0 Å². The summed E-state index contributed by atoms with van der Waals surface area (Å²) in [7, 11) is 0. The monoisotopic (exact) mass is 274 g/mol. The molecule has 2 atom stereocenters. The fraction of sp³-hybridized carbons (Fsp3) is 0.333. The molecule has 0 aliphatic carbocycles. The largest absolute Gasteiger partial charge is 0.390 e. The first-order valence-electron chi connectivity index (χ1n) is 6.53. The number of aliphatic hydroxyl groups excluding tert-OH is 2. The van der Waals surface area contributed by atoms with E-state index in [0.717, 1.165) is 10.9 Å². The van der Waals surface area contributed by atoms with Gasteiger partial charge in [-0.05, 0) is 24.1 Å². The van der Waals surface area contributed by atoms with Crippen LogP contribution in [0.2, 0.25) is 0 Å². The highest BCUT2D eigenvalue weighted by molar-refractivity contribution is 5.79. The molecule has 1 heterocycles. The van der Waals surface area contributed by atoms with E-state index in [0.29, 0.717) is 18.5 Å². The molecular weight excluding hydrogens is 256 g/mol. The van der Waals surface area contributed by atoms with Crippen molar-refractivity contribution in [2.24, 2.45) is 0 Å². The van der Waals surface area contributed by atoms with Crippen LogP contribution in [0.25, 0.3) is 10.9 Å². The molecule has 0 spiro atoms. The van der Waals surface area contributed by atoms with Gasteiger partial charge in [0.05, 0.1) is 11.6 Å². The molecule has 0 radical (unpaired) electrons. The van der Waals surface area contributed by atoms with Crippen LogP contribution in [-0.2, 0) is 4.79 Å². The zero-order valence-corrected chi connectivity index (χ0v) is 11.3. The lowest BCUT2D eigenvalue weighted by atomic mass is 10.0. The predicted octanol–water partition coefficient (Wildman–Crippen LogP) is 1.16. The van der Waals surface area contributed by atoms with Gasteiger partial charge in [0.15, 0.2) is 0 Å². The van der Waals surface area contributed by atoms with Gasteiger partial charge in [-0.3, -0.25) is 9.78 Å². The molecule has 2 unspecified atom stereocenters. The number of carbonyl (C=O) groups is 1. The number of nitrogens with one attached hydrogen (secondary N) is 1. The topological polar surface area (TPSA) is 82.5 Å². The minimum atomic E-state index is -0.991. The third kappa shape index (κ3) is 3.53. The first-order valence-corrected chi connectivity index (χ1v) is 6.53. The van der Waals surface area contributed by atoms with E-state index in [1.165, 1.54) is 6.92 Å². The van der Waals surface area contributed by atoms with E-state index in [2.05, 4.69) is 10.3 Å². The summed E-state index contributed by atoms with van der Waals surface area (Å²) in [5.41, 5.74) is 1.39. The minimum Gasteiger partial charge on any atom is -0.390 e. The number of hydrogen-bond donors (Lipinski definition) is 3. The van der Waals surface area contributed by atoms with Gasteiger partial charge < -0.3 is 15.5 Å². The SMILES string of the molecule is CC(=O)NCCC(O)C(O)c1ccc2cccnc2c1. The molecular formula is C15H18N2O3. The van der Waals surface area contributed by atoms with E-state index < -0.39 is 12.2 Å². The number of pyridine rings is 1. The fourth-order valence-corrected chi connectivity index (χ4v) is 2.04. The van der Waals surface area contributed by atoms with Crippen LogP contribution in [0.15, 0.2) is 36.5 Å². The normalized spacial score (nSPS) is 13.9. The van der Waals surface area contributed by atoms with Crippen molar-refractivity contribution in [3.05, 3.63) is 42.1 Å². The third-order valence-corrected chi connectivity index (χ3v) is 3.15. The van der Waals surface area contributed by atoms with E-state index in [1.54, 1.807) is 18.3 Å².